The number of hydrogen-bond donors (Lipinski definition) is 4. The number of anilines is 1. The first kappa shape index (κ1) is 31.3. The molecule has 0 bridgehead atoms. The van der Waals surface area contributed by atoms with Crippen LogP contribution in [-0.2, 0) is 29.3 Å². The van der Waals surface area contributed by atoms with Gasteiger partial charge in [-0.3, -0.25) is 24.1 Å². The Morgan fingerprint density at radius 1 is 1.10 bits per heavy atom. The van der Waals surface area contributed by atoms with Crippen LogP contribution in [0.1, 0.15) is 72.1 Å². The maximum Gasteiger partial charge on any atom is 0.408 e. The number of pyridine rings is 1. The Morgan fingerprint density at radius 2 is 1.83 bits per heavy atom. The SMILES string of the molecule is CC(C)(C)OC(=O)N[C@H]1CCCCC/C=C\[C@@H]2C[C@@]2(C(=O)NS(=O)(=O)Nc2ccncc2)NC(=O)[C@@H]2CCCN2C1=O. The molecule has 0 spiro atoms. The lowest BCUT2D eigenvalue weighted by atomic mass is 10.0. The topological polar surface area (TPSA) is 176 Å². The molecule has 2 aliphatic heterocycles. The predicted octanol–water partition coefficient (Wildman–Crippen LogP) is 2.13. The number of amides is 4. The molecule has 4 N–H and O–H groups in total. The van der Waals surface area contributed by atoms with Crippen LogP contribution in [0.5, 0.6) is 0 Å². The van der Waals surface area contributed by atoms with Crippen molar-refractivity contribution in [2.24, 2.45) is 5.92 Å². The molecule has 1 aromatic heterocycles. The van der Waals surface area contributed by atoms with E-state index in [-0.39, 0.29) is 18.0 Å². The number of rotatable bonds is 5. The normalized spacial score (nSPS) is 27.7. The van der Waals surface area contributed by atoms with Crippen molar-refractivity contribution < 1.29 is 32.3 Å². The highest BCUT2D eigenvalue weighted by atomic mass is 32.2. The van der Waals surface area contributed by atoms with Gasteiger partial charge in [0.05, 0.1) is 5.69 Å². The van der Waals surface area contributed by atoms with Gasteiger partial charge in [-0.1, -0.05) is 25.0 Å². The first-order valence-electron chi connectivity index (χ1n) is 14.3. The molecule has 1 saturated carbocycles. The molecular weight excluding hydrogens is 564 g/mol. The fourth-order valence-electron chi connectivity index (χ4n) is 5.36. The van der Waals surface area contributed by atoms with E-state index in [1.807, 2.05) is 16.9 Å². The maximum atomic E-state index is 13.7. The second kappa shape index (κ2) is 12.7. The molecule has 3 heterocycles. The molecule has 1 saturated heterocycles. The van der Waals surface area contributed by atoms with Crippen LogP contribution in [0.2, 0.25) is 0 Å². The van der Waals surface area contributed by atoms with Crippen molar-refractivity contribution in [3.8, 4) is 0 Å². The van der Waals surface area contributed by atoms with Crippen LogP contribution in [0.3, 0.4) is 0 Å². The quantitative estimate of drug-likeness (QED) is 0.370. The van der Waals surface area contributed by atoms with Gasteiger partial charge < -0.3 is 20.3 Å². The van der Waals surface area contributed by atoms with E-state index in [4.69, 9.17) is 4.74 Å². The fourth-order valence-corrected chi connectivity index (χ4v) is 6.28. The first-order valence-corrected chi connectivity index (χ1v) is 15.8. The summed E-state index contributed by atoms with van der Waals surface area (Å²) in [4.78, 5) is 58.5. The first-order chi connectivity index (χ1) is 19.8. The molecule has 13 nitrogen and oxygen atoms in total. The number of carbonyl (C=O) groups excluding carboxylic acids is 4. The second-order valence-electron chi connectivity index (χ2n) is 12.0. The summed E-state index contributed by atoms with van der Waals surface area (Å²) in [6, 6.07) is 1.14. The van der Waals surface area contributed by atoms with E-state index < -0.39 is 57.3 Å². The minimum atomic E-state index is -4.31. The number of alkyl carbamates (subject to hydrolysis) is 1. The second-order valence-corrected chi connectivity index (χ2v) is 13.4. The molecule has 42 heavy (non-hydrogen) atoms. The summed E-state index contributed by atoms with van der Waals surface area (Å²) >= 11 is 0. The van der Waals surface area contributed by atoms with E-state index in [1.165, 1.54) is 29.4 Å². The number of fused-ring (bicyclic) bond motifs is 2. The number of aromatic nitrogens is 1. The van der Waals surface area contributed by atoms with Crippen molar-refractivity contribution in [2.75, 3.05) is 11.3 Å². The monoisotopic (exact) mass is 604 g/mol. The highest BCUT2D eigenvalue weighted by molar-refractivity contribution is 7.91. The molecule has 4 amide bonds. The number of nitrogens with zero attached hydrogens (tertiary/aromatic N) is 2. The van der Waals surface area contributed by atoms with Crippen molar-refractivity contribution in [2.45, 2.75) is 95.4 Å². The van der Waals surface area contributed by atoms with Crippen molar-refractivity contribution in [1.82, 2.24) is 25.2 Å². The molecule has 14 heteroatoms. The van der Waals surface area contributed by atoms with Gasteiger partial charge in [0.2, 0.25) is 11.8 Å². The summed E-state index contributed by atoms with van der Waals surface area (Å²) in [5.41, 5.74) is -2.01. The number of ether oxygens (including phenoxy) is 1. The van der Waals surface area contributed by atoms with Gasteiger partial charge in [-0.05, 0) is 71.4 Å². The van der Waals surface area contributed by atoms with Crippen LogP contribution in [-0.4, -0.2) is 71.9 Å². The standard InChI is InChI=1S/C28H40N6O7S/c1-27(2,3)41-26(38)30-21-11-8-6-4-5-7-10-19-18-28(19,31-23(35)22-12-9-17-34(22)24(21)36)25(37)33-42(39,40)32-20-13-15-29-16-14-20/h7,10,13-16,19,21-22H,4-6,8-9,11-12,17-18H2,1-3H3,(H,29,32)(H,30,38)(H,31,35)(H,33,37)/b10-7-/t19-,21+,22+,28-/m1/s1. The highest BCUT2D eigenvalue weighted by Gasteiger charge is 2.61. The molecule has 1 aliphatic carbocycles. The molecule has 230 valence electrons. The molecular formula is C28H40N6O7S. The van der Waals surface area contributed by atoms with Gasteiger partial charge in [0.25, 0.3) is 5.91 Å². The Labute approximate surface area is 246 Å². The van der Waals surface area contributed by atoms with Crippen LogP contribution in [0.15, 0.2) is 36.7 Å². The summed E-state index contributed by atoms with van der Waals surface area (Å²) in [7, 11) is -4.31. The van der Waals surface area contributed by atoms with E-state index in [0.29, 0.717) is 38.6 Å². The van der Waals surface area contributed by atoms with E-state index >= 15 is 0 Å². The molecule has 0 unspecified atom stereocenters. The van der Waals surface area contributed by atoms with Gasteiger partial charge in [-0.2, -0.15) is 8.42 Å². The van der Waals surface area contributed by atoms with Gasteiger partial charge in [0.15, 0.2) is 0 Å². The molecule has 3 aliphatic rings. The Kier molecular flexibility index (Phi) is 9.43. The Bertz CT molecular complexity index is 1310. The zero-order chi connectivity index (χ0) is 30.5. The minimum Gasteiger partial charge on any atom is -0.444 e. The molecule has 1 aromatic rings. The maximum absolute atomic E-state index is 13.7. The van der Waals surface area contributed by atoms with Gasteiger partial charge in [0.1, 0.15) is 23.2 Å². The third kappa shape index (κ3) is 7.99. The summed E-state index contributed by atoms with van der Waals surface area (Å²) in [5, 5.41) is 5.49. The Hall–Kier alpha value is -3.68. The number of carbonyl (C=O) groups is 4. The predicted molar refractivity (Wildman–Crippen MR) is 154 cm³/mol. The van der Waals surface area contributed by atoms with Crippen molar-refractivity contribution >= 4 is 39.7 Å². The van der Waals surface area contributed by atoms with E-state index in [2.05, 4.69) is 20.3 Å². The zero-order valence-electron chi connectivity index (χ0n) is 24.2. The summed E-state index contributed by atoms with van der Waals surface area (Å²) < 4.78 is 35.2. The van der Waals surface area contributed by atoms with E-state index in [0.717, 1.165) is 12.8 Å². The molecule has 0 radical (unpaired) electrons. The van der Waals surface area contributed by atoms with Crippen molar-refractivity contribution in [1.29, 1.82) is 0 Å². The van der Waals surface area contributed by atoms with Gasteiger partial charge in [-0.15, -0.1) is 0 Å². The third-order valence-electron chi connectivity index (χ3n) is 7.49. The number of allylic oxidation sites excluding steroid dienone is 1. The average Bonchev–Trinajstić information content (AvgIpc) is 3.35. The average molecular weight is 605 g/mol. The van der Waals surface area contributed by atoms with Crippen LogP contribution < -0.4 is 20.1 Å². The van der Waals surface area contributed by atoms with Gasteiger partial charge >= 0.3 is 16.3 Å². The lowest BCUT2D eigenvalue weighted by molar-refractivity contribution is -0.141. The number of hydrogen-bond acceptors (Lipinski definition) is 8. The van der Waals surface area contributed by atoms with Gasteiger partial charge in [-0.25, -0.2) is 9.52 Å². The third-order valence-corrected chi connectivity index (χ3v) is 8.44. The highest BCUT2D eigenvalue weighted by Crippen LogP contribution is 2.45. The Balaban J connectivity index is 1.53. The van der Waals surface area contributed by atoms with Crippen LogP contribution in [0.4, 0.5) is 10.5 Å². The molecule has 0 aromatic carbocycles. The fraction of sp³-hybridized carbons (Fsp3) is 0.607. The lowest BCUT2D eigenvalue weighted by Gasteiger charge is -2.30. The van der Waals surface area contributed by atoms with Crippen molar-refractivity contribution in [3.05, 3.63) is 36.7 Å². The summed E-state index contributed by atoms with van der Waals surface area (Å²) in [6.45, 7) is 5.51. The Morgan fingerprint density at radius 3 is 2.55 bits per heavy atom. The van der Waals surface area contributed by atoms with Crippen LogP contribution in [0, 0.1) is 5.92 Å². The number of nitrogens with one attached hydrogen (secondary N) is 4. The lowest BCUT2D eigenvalue weighted by Crippen LogP contribution is -2.58. The van der Waals surface area contributed by atoms with E-state index in [9.17, 15) is 27.6 Å². The smallest absolute Gasteiger partial charge is 0.408 e. The zero-order valence-corrected chi connectivity index (χ0v) is 25.0. The summed E-state index contributed by atoms with van der Waals surface area (Å²) in [5.74, 6) is -2.20. The molecule has 4 rings (SSSR count). The van der Waals surface area contributed by atoms with Crippen LogP contribution in [0.25, 0.3) is 0 Å². The minimum absolute atomic E-state index is 0.218. The van der Waals surface area contributed by atoms with Crippen LogP contribution >= 0.6 is 0 Å². The largest absolute Gasteiger partial charge is 0.444 e. The molecule has 4 atom stereocenters. The van der Waals surface area contributed by atoms with E-state index in [1.54, 1.807) is 20.8 Å². The van der Waals surface area contributed by atoms with Crippen molar-refractivity contribution in [3.63, 3.8) is 0 Å². The molecule has 2 fully saturated rings. The summed E-state index contributed by atoms with van der Waals surface area (Å²) in [6.07, 6.45) is 10.4. The van der Waals surface area contributed by atoms with Gasteiger partial charge in [0, 0.05) is 24.9 Å².